The summed E-state index contributed by atoms with van der Waals surface area (Å²) in [4.78, 5) is 14.2. The van der Waals surface area contributed by atoms with Crippen molar-refractivity contribution in [2.75, 3.05) is 26.2 Å². The van der Waals surface area contributed by atoms with Gasteiger partial charge in [0.05, 0.1) is 14.2 Å². The van der Waals surface area contributed by atoms with Gasteiger partial charge in [-0.15, -0.1) is 0 Å². The van der Waals surface area contributed by atoms with E-state index in [1.165, 1.54) is 0 Å². The smallest absolute Gasteiger partial charge is 0.258 e. The zero-order chi connectivity index (χ0) is 15.4. The molecule has 0 fully saturated rings. The number of nitrogens with zero attached hydrogens (tertiary/aromatic N) is 1. The van der Waals surface area contributed by atoms with Crippen molar-refractivity contribution in [2.45, 2.75) is 0 Å². The van der Waals surface area contributed by atoms with Crippen molar-refractivity contribution in [3.05, 3.63) is 52.5 Å². The van der Waals surface area contributed by atoms with Gasteiger partial charge in [0.1, 0.15) is 16.0 Å². The molecule has 0 atom stereocenters. The zero-order valence-electron chi connectivity index (χ0n) is 12.1. The van der Waals surface area contributed by atoms with Crippen LogP contribution < -0.4 is 14.4 Å². The van der Waals surface area contributed by atoms with E-state index in [1.54, 1.807) is 38.3 Å². The molecule has 0 bridgehead atoms. The molecule has 1 amide bonds. The summed E-state index contributed by atoms with van der Waals surface area (Å²) >= 11 is 3.39. The molecule has 0 heterocycles. The molecule has 0 aliphatic heterocycles. The Labute approximate surface area is 132 Å². The van der Waals surface area contributed by atoms with Crippen LogP contribution in [0.5, 0.6) is 11.5 Å². The van der Waals surface area contributed by atoms with Crippen molar-refractivity contribution < 1.29 is 14.3 Å². The lowest BCUT2D eigenvalue weighted by molar-refractivity contribution is 0.0992. The number of methoxy groups -OCH3 is 2. The van der Waals surface area contributed by atoms with Gasteiger partial charge in [0, 0.05) is 18.3 Å². The highest BCUT2D eigenvalue weighted by molar-refractivity contribution is 9.10. The summed E-state index contributed by atoms with van der Waals surface area (Å²) in [6, 6.07) is 12.8. The fraction of sp³-hybridized carbons (Fsp3) is 0.188. The van der Waals surface area contributed by atoms with E-state index in [4.69, 9.17) is 9.47 Å². The minimum atomic E-state index is -0.134. The maximum atomic E-state index is 12.6. The molecule has 0 saturated heterocycles. The van der Waals surface area contributed by atoms with Crippen LogP contribution >= 0.6 is 15.9 Å². The molecule has 0 unspecified atom stereocenters. The third kappa shape index (κ3) is 3.19. The van der Waals surface area contributed by atoms with E-state index < -0.39 is 0 Å². The second-order valence-corrected chi connectivity index (χ2v) is 5.19. The Morgan fingerprint density at radius 3 is 2.05 bits per heavy atom. The summed E-state index contributed by atoms with van der Waals surface area (Å²) in [6.07, 6.45) is 0. The predicted molar refractivity (Wildman–Crippen MR) is 86.4 cm³/mol. The lowest BCUT2D eigenvalue weighted by Gasteiger charge is -2.18. The van der Waals surface area contributed by atoms with Crippen LogP contribution in [0.2, 0.25) is 0 Å². The highest BCUT2D eigenvalue weighted by atomic mass is 79.9. The van der Waals surface area contributed by atoms with Gasteiger partial charge in [0.25, 0.3) is 5.91 Å². The van der Waals surface area contributed by atoms with Gasteiger partial charge in [-0.25, -0.2) is 0 Å². The molecular weight excluding hydrogens is 334 g/mol. The first-order valence-electron chi connectivity index (χ1n) is 6.33. The van der Waals surface area contributed by atoms with Crippen LogP contribution in [0, 0.1) is 0 Å². The molecular formula is C16H16BrNO3. The molecule has 4 nitrogen and oxygen atoms in total. The molecule has 0 saturated carbocycles. The van der Waals surface area contributed by atoms with Crippen LogP contribution in [0.25, 0.3) is 0 Å². The number of benzene rings is 2. The molecule has 0 spiro atoms. The van der Waals surface area contributed by atoms with Crippen molar-refractivity contribution in [1.29, 1.82) is 0 Å². The molecule has 0 aliphatic rings. The predicted octanol–water partition coefficient (Wildman–Crippen LogP) is 3.74. The molecule has 0 aromatic heterocycles. The lowest BCUT2D eigenvalue weighted by atomic mass is 10.1. The summed E-state index contributed by atoms with van der Waals surface area (Å²) in [6.45, 7) is 0. The molecule has 2 rings (SSSR count). The average Bonchev–Trinajstić information content (AvgIpc) is 2.54. The topological polar surface area (TPSA) is 38.8 Å². The van der Waals surface area contributed by atoms with Crippen LogP contribution in [-0.4, -0.2) is 27.2 Å². The van der Waals surface area contributed by atoms with Crippen LogP contribution in [0.4, 0.5) is 5.69 Å². The highest BCUT2D eigenvalue weighted by Gasteiger charge is 2.18. The Bertz CT molecular complexity index is 618. The SMILES string of the molecule is COc1cc(C(=O)N(C)c2ccccc2)cc(OC)c1Br. The number of hydrogen-bond donors (Lipinski definition) is 0. The number of rotatable bonds is 4. The zero-order valence-corrected chi connectivity index (χ0v) is 13.7. The Morgan fingerprint density at radius 1 is 1.05 bits per heavy atom. The number of halogens is 1. The fourth-order valence-electron chi connectivity index (χ4n) is 1.96. The van der Waals surface area contributed by atoms with Crippen molar-refractivity contribution >= 4 is 27.5 Å². The molecule has 21 heavy (non-hydrogen) atoms. The summed E-state index contributed by atoms with van der Waals surface area (Å²) in [5.41, 5.74) is 1.32. The Balaban J connectivity index is 2.39. The Kier molecular flexibility index (Phi) is 4.85. The number of amides is 1. The van der Waals surface area contributed by atoms with E-state index in [2.05, 4.69) is 15.9 Å². The molecule has 0 radical (unpaired) electrons. The Hall–Kier alpha value is -2.01. The largest absolute Gasteiger partial charge is 0.495 e. The van der Waals surface area contributed by atoms with Gasteiger partial charge < -0.3 is 14.4 Å². The minimum absolute atomic E-state index is 0.134. The number of carbonyl (C=O) groups is 1. The molecule has 0 N–H and O–H groups in total. The first-order chi connectivity index (χ1) is 10.1. The van der Waals surface area contributed by atoms with E-state index in [-0.39, 0.29) is 5.91 Å². The maximum Gasteiger partial charge on any atom is 0.258 e. The normalized spacial score (nSPS) is 10.1. The summed E-state index contributed by atoms with van der Waals surface area (Å²) < 4.78 is 11.2. The van der Waals surface area contributed by atoms with Gasteiger partial charge in [-0.2, -0.15) is 0 Å². The second kappa shape index (κ2) is 6.63. The summed E-state index contributed by atoms with van der Waals surface area (Å²) in [5, 5.41) is 0. The van der Waals surface area contributed by atoms with Gasteiger partial charge in [-0.1, -0.05) is 18.2 Å². The third-order valence-electron chi connectivity index (χ3n) is 3.14. The van der Waals surface area contributed by atoms with Crippen LogP contribution in [0.15, 0.2) is 46.9 Å². The standard InChI is InChI=1S/C16H16BrNO3/c1-18(12-7-5-4-6-8-12)16(19)11-9-13(20-2)15(17)14(10-11)21-3/h4-10H,1-3H3. The fourth-order valence-corrected chi connectivity index (χ4v) is 2.51. The maximum absolute atomic E-state index is 12.6. The van der Waals surface area contributed by atoms with Gasteiger partial charge in [-0.3, -0.25) is 4.79 Å². The van der Waals surface area contributed by atoms with Gasteiger partial charge in [-0.05, 0) is 40.2 Å². The summed E-state index contributed by atoms with van der Waals surface area (Å²) in [5.74, 6) is 0.976. The van der Waals surface area contributed by atoms with Gasteiger partial charge >= 0.3 is 0 Å². The van der Waals surface area contributed by atoms with E-state index >= 15 is 0 Å². The van der Waals surface area contributed by atoms with Gasteiger partial charge in [0.15, 0.2) is 0 Å². The minimum Gasteiger partial charge on any atom is -0.495 e. The number of para-hydroxylation sites is 1. The molecule has 2 aromatic rings. The van der Waals surface area contributed by atoms with Crippen LogP contribution in [-0.2, 0) is 0 Å². The van der Waals surface area contributed by atoms with Crippen molar-refractivity contribution in [1.82, 2.24) is 0 Å². The molecule has 0 aliphatic carbocycles. The Morgan fingerprint density at radius 2 is 1.57 bits per heavy atom. The number of anilines is 1. The molecule has 2 aromatic carbocycles. The quantitative estimate of drug-likeness (QED) is 0.843. The average molecular weight is 350 g/mol. The number of hydrogen-bond acceptors (Lipinski definition) is 3. The molecule has 5 heteroatoms. The monoisotopic (exact) mass is 349 g/mol. The van der Waals surface area contributed by atoms with Gasteiger partial charge in [0.2, 0.25) is 0 Å². The third-order valence-corrected chi connectivity index (χ3v) is 3.92. The van der Waals surface area contributed by atoms with E-state index in [0.29, 0.717) is 21.5 Å². The van der Waals surface area contributed by atoms with E-state index in [9.17, 15) is 4.79 Å². The second-order valence-electron chi connectivity index (χ2n) is 4.39. The molecule has 110 valence electrons. The first-order valence-corrected chi connectivity index (χ1v) is 7.12. The first kappa shape index (κ1) is 15.4. The van der Waals surface area contributed by atoms with Crippen molar-refractivity contribution in [3.63, 3.8) is 0 Å². The number of ether oxygens (including phenoxy) is 2. The van der Waals surface area contributed by atoms with E-state index in [1.807, 2.05) is 30.3 Å². The van der Waals surface area contributed by atoms with Crippen molar-refractivity contribution in [2.24, 2.45) is 0 Å². The van der Waals surface area contributed by atoms with Crippen LogP contribution in [0.3, 0.4) is 0 Å². The number of carbonyl (C=O) groups excluding carboxylic acids is 1. The van der Waals surface area contributed by atoms with E-state index in [0.717, 1.165) is 5.69 Å². The van der Waals surface area contributed by atoms with Crippen LogP contribution in [0.1, 0.15) is 10.4 Å². The van der Waals surface area contributed by atoms with Crippen molar-refractivity contribution in [3.8, 4) is 11.5 Å². The lowest BCUT2D eigenvalue weighted by Crippen LogP contribution is -2.26. The highest BCUT2D eigenvalue weighted by Crippen LogP contribution is 2.36. The summed E-state index contributed by atoms with van der Waals surface area (Å²) in [7, 11) is 4.84.